The number of ether oxygens (including phenoxy) is 1. The average molecular weight is 193 g/mol. The van der Waals surface area contributed by atoms with E-state index < -0.39 is 30.4 Å². The Bertz CT molecular complexity index is 182. The van der Waals surface area contributed by atoms with E-state index in [4.69, 9.17) is 14.9 Å². The lowest BCUT2D eigenvalue weighted by molar-refractivity contribution is -0.152. The van der Waals surface area contributed by atoms with Gasteiger partial charge in [-0.05, 0) is 6.92 Å². The van der Waals surface area contributed by atoms with Crippen molar-refractivity contribution in [3.63, 3.8) is 0 Å². The second-order valence-electron chi connectivity index (χ2n) is 2.48. The van der Waals surface area contributed by atoms with Gasteiger partial charge < -0.3 is 21.1 Å². The van der Waals surface area contributed by atoms with Crippen LogP contribution in [-0.4, -0.2) is 35.4 Å². The number of rotatable bonds is 5. The predicted octanol–water partition coefficient (Wildman–Crippen LogP) is 0.359. The van der Waals surface area contributed by atoms with Gasteiger partial charge in [0.15, 0.2) is 0 Å². The number of hydrogen-bond donors (Lipinski definition) is 3. The van der Waals surface area contributed by atoms with E-state index in [1.165, 1.54) is 14.0 Å². The summed E-state index contributed by atoms with van der Waals surface area (Å²) in [5.41, 5.74) is 0. The zero-order chi connectivity index (χ0) is 9.72. The smallest absolute Gasteiger partial charge is 0.309 e. The quantitative estimate of drug-likeness (QED) is 0.579. The van der Waals surface area contributed by atoms with Gasteiger partial charge in [0, 0.05) is 7.11 Å². The summed E-state index contributed by atoms with van der Waals surface area (Å²) >= 11 is 0. The summed E-state index contributed by atoms with van der Waals surface area (Å²) in [6.45, 7) is 1.53. The summed E-state index contributed by atoms with van der Waals surface area (Å²) in [7, 11) is 1.35. The highest BCUT2D eigenvalue weighted by molar-refractivity contribution is 5.78. The van der Waals surface area contributed by atoms with Gasteiger partial charge in [0.1, 0.15) is 0 Å². The SMILES string of the molecule is COC(C)C(CC(=O)O)C(=O)O.N. The van der Waals surface area contributed by atoms with Crippen molar-refractivity contribution >= 4 is 11.9 Å². The minimum absolute atomic E-state index is 0. The molecule has 0 amide bonds. The fraction of sp³-hybridized carbons (Fsp3) is 0.714. The van der Waals surface area contributed by atoms with Crippen LogP contribution in [0.5, 0.6) is 0 Å². The van der Waals surface area contributed by atoms with Gasteiger partial charge in [0.25, 0.3) is 0 Å². The van der Waals surface area contributed by atoms with Gasteiger partial charge in [0.2, 0.25) is 0 Å². The Kier molecular flexibility index (Phi) is 7.07. The summed E-state index contributed by atoms with van der Waals surface area (Å²) in [5, 5.41) is 16.9. The molecule has 0 saturated carbocycles. The minimum atomic E-state index is -1.15. The molecular formula is C7H15NO5. The van der Waals surface area contributed by atoms with Crippen LogP contribution < -0.4 is 6.15 Å². The third-order valence-electron chi connectivity index (χ3n) is 1.65. The molecule has 6 nitrogen and oxygen atoms in total. The molecule has 0 fully saturated rings. The Labute approximate surface area is 76.1 Å². The molecule has 0 heterocycles. The Morgan fingerprint density at radius 1 is 1.38 bits per heavy atom. The number of aliphatic carboxylic acids is 2. The lowest BCUT2D eigenvalue weighted by Crippen LogP contribution is -2.29. The average Bonchev–Trinajstić information content (AvgIpc) is 1.98. The van der Waals surface area contributed by atoms with Crippen LogP contribution in [0, 0.1) is 5.92 Å². The summed E-state index contributed by atoms with van der Waals surface area (Å²) in [6.07, 6.45) is -0.997. The molecular weight excluding hydrogens is 178 g/mol. The molecule has 0 radical (unpaired) electrons. The molecule has 0 aromatic heterocycles. The third-order valence-corrected chi connectivity index (χ3v) is 1.65. The molecule has 0 aliphatic rings. The number of carboxylic acid groups (broad SMARTS) is 2. The molecule has 0 aliphatic heterocycles. The molecule has 0 rings (SSSR count). The van der Waals surface area contributed by atoms with Crippen molar-refractivity contribution < 1.29 is 24.5 Å². The highest BCUT2D eigenvalue weighted by Crippen LogP contribution is 2.11. The van der Waals surface area contributed by atoms with E-state index in [2.05, 4.69) is 0 Å². The van der Waals surface area contributed by atoms with Crippen molar-refractivity contribution in [1.29, 1.82) is 0 Å². The van der Waals surface area contributed by atoms with Crippen molar-refractivity contribution in [2.24, 2.45) is 5.92 Å². The molecule has 0 aliphatic carbocycles. The van der Waals surface area contributed by atoms with Crippen molar-refractivity contribution in [2.75, 3.05) is 7.11 Å². The first-order chi connectivity index (χ1) is 5.49. The highest BCUT2D eigenvalue weighted by atomic mass is 16.5. The molecule has 0 spiro atoms. The van der Waals surface area contributed by atoms with Crippen LogP contribution in [0.15, 0.2) is 0 Å². The molecule has 0 aromatic rings. The maximum Gasteiger partial charge on any atom is 0.309 e. The first kappa shape index (κ1) is 14.4. The van der Waals surface area contributed by atoms with E-state index in [9.17, 15) is 9.59 Å². The zero-order valence-corrected chi connectivity index (χ0v) is 7.69. The van der Waals surface area contributed by atoms with E-state index in [1.807, 2.05) is 0 Å². The number of carbonyl (C=O) groups is 2. The normalized spacial score (nSPS) is 14.0. The Morgan fingerprint density at radius 3 is 2.08 bits per heavy atom. The van der Waals surface area contributed by atoms with Gasteiger partial charge in [-0.2, -0.15) is 0 Å². The fourth-order valence-electron chi connectivity index (χ4n) is 0.806. The van der Waals surface area contributed by atoms with Crippen molar-refractivity contribution in [3.05, 3.63) is 0 Å². The Balaban J connectivity index is 0. The Morgan fingerprint density at radius 2 is 1.85 bits per heavy atom. The van der Waals surface area contributed by atoms with Crippen LogP contribution in [0.4, 0.5) is 0 Å². The largest absolute Gasteiger partial charge is 0.481 e. The molecule has 0 saturated heterocycles. The summed E-state index contributed by atoms with van der Waals surface area (Å²) in [6, 6.07) is 0. The third kappa shape index (κ3) is 5.15. The molecule has 6 heteroatoms. The van der Waals surface area contributed by atoms with Crippen LogP contribution in [0.25, 0.3) is 0 Å². The van der Waals surface area contributed by atoms with Crippen LogP contribution >= 0.6 is 0 Å². The van der Waals surface area contributed by atoms with Gasteiger partial charge in [-0.3, -0.25) is 9.59 Å². The molecule has 78 valence electrons. The van der Waals surface area contributed by atoms with Gasteiger partial charge in [-0.25, -0.2) is 0 Å². The zero-order valence-electron chi connectivity index (χ0n) is 7.69. The minimum Gasteiger partial charge on any atom is -0.481 e. The monoisotopic (exact) mass is 193 g/mol. The van der Waals surface area contributed by atoms with Gasteiger partial charge >= 0.3 is 11.9 Å². The van der Waals surface area contributed by atoms with Crippen molar-refractivity contribution in [1.82, 2.24) is 6.15 Å². The number of methoxy groups -OCH3 is 1. The highest BCUT2D eigenvalue weighted by Gasteiger charge is 2.26. The number of hydrogen-bond acceptors (Lipinski definition) is 4. The van der Waals surface area contributed by atoms with Crippen LogP contribution in [0.3, 0.4) is 0 Å². The summed E-state index contributed by atoms with van der Waals surface area (Å²) < 4.78 is 4.73. The molecule has 5 N–H and O–H groups in total. The lowest BCUT2D eigenvalue weighted by Gasteiger charge is -2.16. The van der Waals surface area contributed by atoms with Crippen molar-refractivity contribution in [2.45, 2.75) is 19.4 Å². The number of carboxylic acids is 2. The van der Waals surface area contributed by atoms with E-state index in [-0.39, 0.29) is 6.15 Å². The van der Waals surface area contributed by atoms with Gasteiger partial charge in [-0.15, -0.1) is 0 Å². The van der Waals surface area contributed by atoms with E-state index in [0.717, 1.165) is 0 Å². The van der Waals surface area contributed by atoms with E-state index >= 15 is 0 Å². The van der Waals surface area contributed by atoms with Gasteiger partial charge in [0.05, 0.1) is 18.4 Å². The molecule has 0 bridgehead atoms. The Hall–Kier alpha value is -1.14. The lowest BCUT2D eigenvalue weighted by atomic mass is 10.0. The first-order valence-corrected chi connectivity index (χ1v) is 3.46. The molecule has 2 atom stereocenters. The fourth-order valence-corrected chi connectivity index (χ4v) is 0.806. The van der Waals surface area contributed by atoms with E-state index in [1.54, 1.807) is 0 Å². The standard InChI is InChI=1S/C7H12O5.H3N/c1-4(12-2)5(7(10)11)3-6(8)9;/h4-5H,3H2,1-2H3,(H,8,9)(H,10,11);1H3. The van der Waals surface area contributed by atoms with E-state index in [0.29, 0.717) is 0 Å². The topological polar surface area (TPSA) is 119 Å². The van der Waals surface area contributed by atoms with Crippen LogP contribution in [0.2, 0.25) is 0 Å². The second-order valence-corrected chi connectivity index (χ2v) is 2.48. The van der Waals surface area contributed by atoms with Crippen LogP contribution in [-0.2, 0) is 14.3 Å². The summed E-state index contributed by atoms with van der Waals surface area (Å²) in [5.74, 6) is -3.26. The molecule has 13 heavy (non-hydrogen) atoms. The predicted molar refractivity (Wildman–Crippen MR) is 44.9 cm³/mol. The maximum absolute atomic E-state index is 10.5. The maximum atomic E-state index is 10.5. The molecule has 0 aromatic carbocycles. The first-order valence-electron chi connectivity index (χ1n) is 3.46. The molecule has 2 unspecified atom stereocenters. The van der Waals surface area contributed by atoms with Gasteiger partial charge in [-0.1, -0.05) is 0 Å². The second kappa shape index (κ2) is 6.38. The van der Waals surface area contributed by atoms with Crippen molar-refractivity contribution in [3.8, 4) is 0 Å². The van der Waals surface area contributed by atoms with Crippen LogP contribution in [0.1, 0.15) is 13.3 Å². The summed E-state index contributed by atoms with van der Waals surface area (Å²) in [4.78, 5) is 20.7.